The van der Waals surface area contributed by atoms with Crippen molar-refractivity contribution in [1.82, 2.24) is 0 Å². The van der Waals surface area contributed by atoms with Gasteiger partial charge in [-0.25, -0.2) is 8.42 Å². The highest BCUT2D eigenvalue weighted by Crippen LogP contribution is 2.36. The molecule has 9 heteroatoms. The lowest BCUT2D eigenvalue weighted by Crippen LogP contribution is -2.19. The smallest absolute Gasteiger partial charge is 0.416 e. The van der Waals surface area contributed by atoms with E-state index in [0.717, 1.165) is 12.1 Å². The Balaban J connectivity index is 2.57. The zero-order valence-corrected chi connectivity index (χ0v) is 15.5. The fourth-order valence-corrected chi connectivity index (χ4v) is 3.70. The lowest BCUT2D eigenvalue weighted by molar-refractivity contribution is -0.137. The second kappa shape index (κ2) is 7.06. The molecule has 0 aliphatic rings. The largest absolute Gasteiger partial charge is 0.495 e. The topological polar surface area (TPSA) is 58.6 Å². The van der Waals surface area contributed by atoms with Gasteiger partial charge in [0, 0.05) is 14.1 Å². The summed E-state index contributed by atoms with van der Waals surface area (Å²) in [4.78, 5) is 1.37. The summed E-state index contributed by atoms with van der Waals surface area (Å²) in [6.07, 6.45) is -4.59. The first-order chi connectivity index (χ1) is 12.0. The summed E-state index contributed by atoms with van der Waals surface area (Å²) in [6.45, 7) is 1.70. The van der Waals surface area contributed by atoms with Gasteiger partial charge in [-0.1, -0.05) is 6.07 Å². The van der Waals surface area contributed by atoms with Gasteiger partial charge in [-0.3, -0.25) is 4.72 Å². The number of rotatable bonds is 5. The maximum atomic E-state index is 13.0. The number of nitrogens with zero attached hydrogens (tertiary/aromatic N) is 1. The first kappa shape index (κ1) is 19.9. The molecule has 0 spiro atoms. The predicted octanol–water partition coefficient (Wildman–Crippen LogP) is 3.89. The number of benzene rings is 2. The average Bonchev–Trinajstić information content (AvgIpc) is 2.53. The SMILES string of the molecule is COc1ccc(C)cc1S(=O)(=O)Nc1cc(C(F)(F)F)ccc1N(C)C. The van der Waals surface area contributed by atoms with Gasteiger partial charge >= 0.3 is 6.18 Å². The molecular formula is C17H19F3N2O3S. The molecule has 26 heavy (non-hydrogen) atoms. The Morgan fingerprint density at radius 3 is 2.27 bits per heavy atom. The second-order valence-electron chi connectivity index (χ2n) is 5.88. The van der Waals surface area contributed by atoms with Gasteiger partial charge in [-0.2, -0.15) is 13.2 Å². The number of halogens is 3. The summed E-state index contributed by atoms with van der Waals surface area (Å²) in [5, 5.41) is 0. The van der Waals surface area contributed by atoms with Gasteiger partial charge in [0.1, 0.15) is 10.6 Å². The van der Waals surface area contributed by atoms with Crippen LogP contribution in [0.25, 0.3) is 0 Å². The lowest BCUT2D eigenvalue weighted by atomic mass is 10.1. The molecule has 0 unspecified atom stereocenters. The van der Waals surface area contributed by atoms with Crippen molar-refractivity contribution in [1.29, 1.82) is 0 Å². The van der Waals surface area contributed by atoms with E-state index in [1.807, 2.05) is 0 Å². The Morgan fingerprint density at radius 2 is 1.73 bits per heavy atom. The van der Waals surface area contributed by atoms with Crippen LogP contribution < -0.4 is 14.4 Å². The molecule has 0 aromatic heterocycles. The molecule has 0 atom stereocenters. The normalized spacial score (nSPS) is 12.0. The van der Waals surface area contributed by atoms with Crippen LogP contribution in [-0.4, -0.2) is 29.6 Å². The zero-order valence-electron chi connectivity index (χ0n) is 14.7. The zero-order chi connectivity index (χ0) is 19.7. The van der Waals surface area contributed by atoms with Crippen LogP contribution >= 0.6 is 0 Å². The molecule has 2 aromatic carbocycles. The maximum absolute atomic E-state index is 13.0. The number of aryl methyl sites for hydroxylation is 1. The Hall–Kier alpha value is -2.42. The minimum absolute atomic E-state index is 0.0986. The van der Waals surface area contributed by atoms with E-state index in [1.54, 1.807) is 27.1 Å². The highest BCUT2D eigenvalue weighted by molar-refractivity contribution is 7.92. The molecule has 0 saturated heterocycles. The molecule has 0 bridgehead atoms. The fraction of sp³-hybridized carbons (Fsp3) is 0.294. The summed E-state index contributed by atoms with van der Waals surface area (Å²) in [5.74, 6) is 0.0986. The third kappa shape index (κ3) is 4.21. The average molecular weight is 388 g/mol. The van der Waals surface area contributed by atoms with Crippen molar-refractivity contribution >= 4 is 21.4 Å². The summed E-state index contributed by atoms with van der Waals surface area (Å²) >= 11 is 0. The van der Waals surface area contributed by atoms with E-state index < -0.39 is 21.8 Å². The summed E-state index contributed by atoms with van der Waals surface area (Å²) in [5.41, 5.74) is -0.151. The standard InChI is InChI=1S/C17H19F3N2O3S/c1-11-5-8-15(25-4)16(9-11)26(23,24)21-13-10-12(17(18,19)20)6-7-14(13)22(2)3/h5-10,21H,1-4H3. The maximum Gasteiger partial charge on any atom is 0.416 e. The van der Waals surface area contributed by atoms with Gasteiger partial charge < -0.3 is 9.64 Å². The molecule has 0 fully saturated rings. The molecule has 0 amide bonds. The van der Waals surface area contributed by atoms with E-state index in [2.05, 4.69) is 4.72 Å². The van der Waals surface area contributed by atoms with E-state index in [0.29, 0.717) is 11.3 Å². The third-order valence-corrected chi connectivity index (χ3v) is 5.05. The van der Waals surface area contributed by atoms with Crippen LogP contribution in [0.1, 0.15) is 11.1 Å². The highest BCUT2D eigenvalue weighted by atomic mass is 32.2. The minimum Gasteiger partial charge on any atom is -0.495 e. The van der Waals surface area contributed by atoms with Crippen molar-refractivity contribution in [2.24, 2.45) is 0 Å². The molecule has 2 rings (SSSR count). The van der Waals surface area contributed by atoms with Crippen molar-refractivity contribution in [3.63, 3.8) is 0 Å². The molecule has 0 aliphatic heterocycles. The number of hydrogen-bond donors (Lipinski definition) is 1. The number of hydrogen-bond acceptors (Lipinski definition) is 4. The van der Waals surface area contributed by atoms with Crippen LogP contribution in [0.4, 0.5) is 24.5 Å². The molecule has 142 valence electrons. The number of anilines is 2. The summed E-state index contributed by atoms with van der Waals surface area (Å²) < 4.78 is 71.9. The molecule has 0 radical (unpaired) electrons. The van der Waals surface area contributed by atoms with E-state index in [-0.39, 0.29) is 16.3 Å². The molecule has 2 aromatic rings. The second-order valence-corrected chi connectivity index (χ2v) is 7.53. The van der Waals surface area contributed by atoms with Gasteiger partial charge in [0.15, 0.2) is 0 Å². The first-order valence-electron chi connectivity index (χ1n) is 7.52. The van der Waals surface area contributed by atoms with Crippen molar-refractivity contribution in [2.75, 3.05) is 30.8 Å². The van der Waals surface area contributed by atoms with Gasteiger partial charge in [-0.05, 0) is 42.8 Å². The third-order valence-electron chi connectivity index (χ3n) is 3.66. The van der Waals surface area contributed by atoms with Gasteiger partial charge in [0.2, 0.25) is 0 Å². The van der Waals surface area contributed by atoms with Crippen molar-refractivity contribution in [2.45, 2.75) is 18.0 Å². The Labute approximate surface area is 150 Å². The fourth-order valence-electron chi connectivity index (χ4n) is 2.38. The van der Waals surface area contributed by atoms with Crippen LogP contribution in [0.5, 0.6) is 5.75 Å². The predicted molar refractivity (Wildman–Crippen MR) is 94.3 cm³/mol. The van der Waals surface area contributed by atoms with Gasteiger partial charge in [0.05, 0.1) is 24.0 Å². The quantitative estimate of drug-likeness (QED) is 0.844. The van der Waals surface area contributed by atoms with E-state index in [9.17, 15) is 21.6 Å². The number of nitrogens with one attached hydrogen (secondary N) is 1. The number of methoxy groups -OCH3 is 1. The minimum atomic E-state index is -4.59. The van der Waals surface area contributed by atoms with Crippen LogP contribution in [-0.2, 0) is 16.2 Å². The summed E-state index contributed by atoms with van der Waals surface area (Å²) in [6, 6.07) is 7.45. The molecule has 0 aliphatic carbocycles. The van der Waals surface area contributed by atoms with Gasteiger partial charge in [-0.15, -0.1) is 0 Å². The number of ether oxygens (including phenoxy) is 1. The first-order valence-corrected chi connectivity index (χ1v) is 9.00. The van der Waals surface area contributed by atoms with Crippen LogP contribution in [0.15, 0.2) is 41.3 Å². The van der Waals surface area contributed by atoms with E-state index in [1.165, 1.54) is 30.2 Å². The Kier molecular flexibility index (Phi) is 5.41. The summed E-state index contributed by atoms with van der Waals surface area (Å²) in [7, 11) is 0.362. The highest BCUT2D eigenvalue weighted by Gasteiger charge is 2.32. The number of alkyl halides is 3. The van der Waals surface area contributed by atoms with Crippen LogP contribution in [0, 0.1) is 6.92 Å². The van der Waals surface area contributed by atoms with Crippen molar-refractivity contribution < 1.29 is 26.3 Å². The molecule has 0 saturated carbocycles. The van der Waals surface area contributed by atoms with Crippen LogP contribution in [0.3, 0.4) is 0 Å². The van der Waals surface area contributed by atoms with Crippen LogP contribution in [0.2, 0.25) is 0 Å². The molecule has 1 N–H and O–H groups in total. The lowest BCUT2D eigenvalue weighted by Gasteiger charge is -2.21. The van der Waals surface area contributed by atoms with E-state index in [4.69, 9.17) is 4.74 Å². The molecular weight excluding hydrogens is 369 g/mol. The Bertz CT molecular complexity index is 910. The monoisotopic (exact) mass is 388 g/mol. The van der Waals surface area contributed by atoms with Crippen molar-refractivity contribution in [3.8, 4) is 5.75 Å². The molecule has 0 heterocycles. The van der Waals surface area contributed by atoms with E-state index >= 15 is 0 Å². The van der Waals surface area contributed by atoms with Crippen molar-refractivity contribution in [3.05, 3.63) is 47.5 Å². The Morgan fingerprint density at radius 1 is 1.08 bits per heavy atom. The molecule has 5 nitrogen and oxygen atoms in total. The van der Waals surface area contributed by atoms with Gasteiger partial charge in [0.25, 0.3) is 10.0 Å². The number of sulfonamides is 1.